The molecular formula is C17H17N3. The predicted molar refractivity (Wildman–Crippen MR) is 83.3 cm³/mol. The molecule has 0 unspecified atom stereocenters. The highest BCUT2D eigenvalue weighted by Gasteiger charge is 2.06. The number of nitrogens with one attached hydrogen (secondary N) is 1. The van der Waals surface area contributed by atoms with Crippen LogP contribution in [0.3, 0.4) is 0 Å². The van der Waals surface area contributed by atoms with Crippen molar-refractivity contribution in [2.24, 2.45) is 0 Å². The average Bonchev–Trinajstić information content (AvgIpc) is 2.92. The smallest absolute Gasteiger partial charge is 0.137 e. The van der Waals surface area contributed by atoms with Gasteiger partial charge in [-0.2, -0.15) is 0 Å². The van der Waals surface area contributed by atoms with Gasteiger partial charge in [0.15, 0.2) is 0 Å². The molecule has 0 amide bonds. The highest BCUT2D eigenvalue weighted by atomic mass is 14.9. The van der Waals surface area contributed by atoms with E-state index in [0.717, 1.165) is 28.3 Å². The molecular weight excluding hydrogens is 246 g/mol. The van der Waals surface area contributed by atoms with Crippen LogP contribution in [0, 0.1) is 13.8 Å². The molecule has 1 aromatic heterocycles. The summed E-state index contributed by atoms with van der Waals surface area (Å²) in [7, 11) is 0. The van der Waals surface area contributed by atoms with E-state index in [1.54, 1.807) is 0 Å². The van der Waals surface area contributed by atoms with Crippen LogP contribution in [0.25, 0.3) is 22.6 Å². The third-order valence-corrected chi connectivity index (χ3v) is 3.58. The van der Waals surface area contributed by atoms with E-state index in [2.05, 4.69) is 42.0 Å². The number of aryl methyl sites for hydroxylation is 2. The maximum absolute atomic E-state index is 5.70. The van der Waals surface area contributed by atoms with Crippen LogP contribution in [-0.4, -0.2) is 9.97 Å². The lowest BCUT2D eigenvalue weighted by Crippen LogP contribution is -1.86. The number of imidazole rings is 1. The minimum absolute atomic E-state index is 0.759. The van der Waals surface area contributed by atoms with Crippen LogP contribution in [0.2, 0.25) is 0 Å². The summed E-state index contributed by atoms with van der Waals surface area (Å²) in [5, 5.41) is 0. The summed E-state index contributed by atoms with van der Waals surface area (Å²) in [5.41, 5.74) is 12.3. The molecule has 0 bridgehead atoms. The molecule has 3 nitrogen and oxygen atoms in total. The van der Waals surface area contributed by atoms with Gasteiger partial charge in [0, 0.05) is 11.3 Å². The van der Waals surface area contributed by atoms with Crippen molar-refractivity contribution in [3.8, 4) is 22.6 Å². The van der Waals surface area contributed by atoms with Gasteiger partial charge in [-0.3, -0.25) is 0 Å². The molecule has 20 heavy (non-hydrogen) atoms. The third kappa shape index (κ3) is 2.30. The molecule has 3 N–H and O–H groups in total. The standard InChI is InChI=1S/C17H17N3/c1-11-3-4-14(9-12(11)2)16-10-19-17(20-16)13-5-7-15(18)8-6-13/h3-10H,18H2,1-2H3,(H,19,20). The number of nitrogens with zero attached hydrogens (tertiary/aromatic N) is 1. The largest absolute Gasteiger partial charge is 0.399 e. The van der Waals surface area contributed by atoms with Gasteiger partial charge in [-0.05, 0) is 60.9 Å². The van der Waals surface area contributed by atoms with E-state index in [1.807, 2.05) is 30.5 Å². The van der Waals surface area contributed by atoms with Gasteiger partial charge in [-0.25, -0.2) is 4.98 Å². The molecule has 3 heteroatoms. The molecule has 3 aromatic rings. The van der Waals surface area contributed by atoms with Gasteiger partial charge < -0.3 is 10.7 Å². The Bertz CT molecular complexity index is 739. The summed E-state index contributed by atoms with van der Waals surface area (Å²) in [4.78, 5) is 7.81. The highest BCUT2D eigenvalue weighted by molar-refractivity contribution is 5.66. The fourth-order valence-electron chi connectivity index (χ4n) is 2.16. The maximum atomic E-state index is 5.70. The molecule has 0 saturated carbocycles. The molecule has 0 saturated heterocycles. The van der Waals surface area contributed by atoms with Crippen LogP contribution >= 0.6 is 0 Å². The molecule has 0 fully saturated rings. The molecule has 0 aliphatic carbocycles. The van der Waals surface area contributed by atoms with Crippen molar-refractivity contribution >= 4 is 5.69 Å². The van der Waals surface area contributed by atoms with Crippen molar-refractivity contribution in [1.82, 2.24) is 9.97 Å². The van der Waals surface area contributed by atoms with Gasteiger partial charge in [-0.1, -0.05) is 12.1 Å². The summed E-state index contributed by atoms with van der Waals surface area (Å²) in [6.45, 7) is 4.24. The normalized spacial score (nSPS) is 10.7. The van der Waals surface area contributed by atoms with E-state index in [0.29, 0.717) is 0 Å². The molecule has 0 atom stereocenters. The number of benzene rings is 2. The van der Waals surface area contributed by atoms with E-state index >= 15 is 0 Å². The number of nitrogens with two attached hydrogens (primary N) is 1. The van der Waals surface area contributed by atoms with Gasteiger partial charge in [-0.15, -0.1) is 0 Å². The van der Waals surface area contributed by atoms with Crippen molar-refractivity contribution in [2.75, 3.05) is 5.73 Å². The Balaban J connectivity index is 1.97. The van der Waals surface area contributed by atoms with Gasteiger partial charge in [0.25, 0.3) is 0 Å². The molecule has 3 rings (SSSR count). The summed E-state index contributed by atoms with van der Waals surface area (Å²) in [6, 6.07) is 14.1. The number of hydrogen-bond donors (Lipinski definition) is 2. The fourth-order valence-corrected chi connectivity index (χ4v) is 2.16. The number of rotatable bonds is 2. The first kappa shape index (κ1) is 12.5. The maximum Gasteiger partial charge on any atom is 0.137 e. The zero-order chi connectivity index (χ0) is 14.1. The molecule has 0 radical (unpaired) electrons. The number of H-pyrrole nitrogens is 1. The van der Waals surface area contributed by atoms with Crippen molar-refractivity contribution in [2.45, 2.75) is 13.8 Å². The molecule has 2 aromatic carbocycles. The Morgan fingerprint density at radius 3 is 2.30 bits per heavy atom. The lowest BCUT2D eigenvalue weighted by atomic mass is 10.0. The van der Waals surface area contributed by atoms with Gasteiger partial charge in [0.2, 0.25) is 0 Å². The Kier molecular flexibility index (Phi) is 3.03. The summed E-state index contributed by atoms with van der Waals surface area (Å²) in [6.07, 6.45) is 1.87. The van der Waals surface area contributed by atoms with E-state index < -0.39 is 0 Å². The first-order chi connectivity index (χ1) is 9.63. The van der Waals surface area contributed by atoms with Gasteiger partial charge in [0.05, 0.1) is 11.9 Å². The number of aromatic nitrogens is 2. The lowest BCUT2D eigenvalue weighted by molar-refractivity contribution is 1.30. The van der Waals surface area contributed by atoms with Crippen LogP contribution in [0.4, 0.5) is 5.69 Å². The van der Waals surface area contributed by atoms with Crippen molar-refractivity contribution in [3.63, 3.8) is 0 Å². The summed E-state index contributed by atoms with van der Waals surface area (Å²) < 4.78 is 0. The minimum atomic E-state index is 0.759. The second kappa shape index (κ2) is 4.85. The molecule has 1 heterocycles. The molecule has 100 valence electrons. The number of nitrogen functional groups attached to an aromatic ring is 1. The Labute approximate surface area is 118 Å². The fraction of sp³-hybridized carbons (Fsp3) is 0.118. The Morgan fingerprint density at radius 2 is 1.60 bits per heavy atom. The van der Waals surface area contributed by atoms with Gasteiger partial charge in [0.1, 0.15) is 5.82 Å². The van der Waals surface area contributed by atoms with Crippen molar-refractivity contribution < 1.29 is 0 Å². The first-order valence-corrected chi connectivity index (χ1v) is 6.62. The first-order valence-electron chi connectivity index (χ1n) is 6.62. The predicted octanol–water partition coefficient (Wildman–Crippen LogP) is 3.94. The molecule has 0 aliphatic heterocycles. The minimum Gasteiger partial charge on any atom is -0.399 e. The number of hydrogen-bond acceptors (Lipinski definition) is 2. The SMILES string of the molecule is Cc1ccc(-c2cnc(-c3ccc(N)cc3)[nH]2)cc1C. The molecule has 0 spiro atoms. The summed E-state index contributed by atoms with van der Waals surface area (Å²) >= 11 is 0. The summed E-state index contributed by atoms with van der Waals surface area (Å²) in [5.74, 6) is 0.859. The quantitative estimate of drug-likeness (QED) is 0.688. The second-order valence-electron chi connectivity index (χ2n) is 5.07. The van der Waals surface area contributed by atoms with Crippen LogP contribution < -0.4 is 5.73 Å². The average molecular weight is 263 g/mol. The second-order valence-corrected chi connectivity index (χ2v) is 5.07. The van der Waals surface area contributed by atoms with Crippen molar-refractivity contribution in [3.05, 3.63) is 59.8 Å². The van der Waals surface area contributed by atoms with Crippen molar-refractivity contribution in [1.29, 1.82) is 0 Å². The van der Waals surface area contributed by atoms with E-state index in [-0.39, 0.29) is 0 Å². The number of aromatic amines is 1. The topological polar surface area (TPSA) is 54.7 Å². The zero-order valence-electron chi connectivity index (χ0n) is 11.6. The Hall–Kier alpha value is -2.55. The van der Waals surface area contributed by atoms with Crippen LogP contribution in [-0.2, 0) is 0 Å². The monoisotopic (exact) mass is 263 g/mol. The third-order valence-electron chi connectivity index (χ3n) is 3.58. The van der Waals surface area contributed by atoms with E-state index in [9.17, 15) is 0 Å². The van der Waals surface area contributed by atoms with E-state index in [4.69, 9.17) is 5.73 Å². The number of anilines is 1. The Morgan fingerprint density at radius 1 is 0.900 bits per heavy atom. The zero-order valence-corrected chi connectivity index (χ0v) is 11.6. The van der Waals surface area contributed by atoms with E-state index in [1.165, 1.54) is 11.1 Å². The van der Waals surface area contributed by atoms with Crippen LogP contribution in [0.5, 0.6) is 0 Å². The van der Waals surface area contributed by atoms with Gasteiger partial charge >= 0.3 is 0 Å². The highest BCUT2D eigenvalue weighted by Crippen LogP contribution is 2.24. The van der Waals surface area contributed by atoms with Crippen LogP contribution in [0.1, 0.15) is 11.1 Å². The van der Waals surface area contributed by atoms with Crippen LogP contribution in [0.15, 0.2) is 48.7 Å². The molecule has 0 aliphatic rings. The lowest BCUT2D eigenvalue weighted by Gasteiger charge is -2.03.